The van der Waals surface area contributed by atoms with Crippen LogP contribution in [-0.2, 0) is 0 Å². The number of phenolic OH excluding ortho intramolecular Hbond substituents is 1. The number of aromatic hydroxyl groups is 1. The molecule has 1 aliphatic carbocycles. The van der Waals surface area contributed by atoms with Gasteiger partial charge in [-0.2, -0.15) is 0 Å². The molecule has 1 aliphatic rings. The Morgan fingerprint density at radius 1 is 1.10 bits per heavy atom. The highest BCUT2D eigenvalue weighted by Gasteiger charge is 2.32. The van der Waals surface area contributed by atoms with Gasteiger partial charge in [-0.25, -0.2) is 4.39 Å². The second-order valence-electron chi connectivity index (χ2n) is 5.98. The Hall–Kier alpha value is -2.03. The zero-order valence-corrected chi connectivity index (χ0v) is 12.4. The molecule has 110 valence electrons. The van der Waals surface area contributed by atoms with Crippen LogP contribution in [0.5, 0.6) is 5.75 Å². The second-order valence-corrected chi connectivity index (χ2v) is 5.98. The molecule has 3 rings (SSSR count). The fourth-order valence-corrected chi connectivity index (χ4v) is 2.97. The topological polar surface area (TPSA) is 32.3 Å². The van der Waals surface area contributed by atoms with Gasteiger partial charge in [-0.05, 0) is 67.5 Å². The highest BCUT2D eigenvalue weighted by atomic mass is 19.1. The summed E-state index contributed by atoms with van der Waals surface area (Å²) in [5.41, 5.74) is 3.79. The summed E-state index contributed by atoms with van der Waals surface area (Å²) in [5, 5.41) is 13.2. The predicted molar refractivity (Wildman–Crippen MR) is 83.4 cm³/mol. The maximum Gasteiger partial charge on any atom is 0.126 e. The van der Waals surface area contributed by atoms with Crippen LogP contribution in [0.2, 0.25) is 0 Å². The first kappa shape index (κ1) is 13.9. The molecule has 0 heterocycles. The van der Waals surface area contributed by atoms with Crippen LogP contribution >= 0.6 is 0 Å². The summed E-state index contributed by atoms with van der Waals surface area (Å²) < 4.78 is 13.7. The van der Waals surface area contributed by atoms with Gasteiger partial charge < -0.3 is 10.4 Å². The Kier molecular flexibility index (Phi) is 3.58. The van der Waals surface area contributed by atoms with Crippen molar-refractivity contribution < 1.29 is 9.50 Å². The van der Waals surface area contributed by atoms with E-state index in [1.807, 2.05) is 32.0 Å². The third kappa shape index (κ3) is 2.73. The van der Waals surface area contributed by atoms with Gasteiger partial charge in [0.1, 0.15) is 11.6 Å². The van der Waals surface area contributed by atoms with Crippen LogP contribution in [0.3, 0.4) is 0 Å². The normalized spacial score (nSPS) is 20.9. The highest BCUT2D eigenvalue weighted by Crippen LogP contribution is 2.40. The zero-order valence-electron chi connectivity index (χ0n) is 12.4. The number of benzene rings is 2. The first-order chi connectivity index (χ1) is 10.0. The van der Waals surface area contributed by atoms with E-state index in [0.29, 0.717) is 17.7 Å². The average molecular weight is 285 g/mol. The van der Waals surface area contributed by atoms with Crippen LogP contribution in [0.1, 0.15) is 35.4 Å². The molecule has 2 aromatic carbocycles. The number of aryl methyl sites for hydroxylation is 2. The van der Waals surface area contributed by atoms with E-state index in [1.54, 1.807) is 12.1 Å². The summed E-state index contributed by atoms with van der Waals surface area (Å²) >= 11 is 0. The van der Waals surface area contributed by atoms with Gasteiger partial charge in [-0.15, -0.1) is 0 Å². The van der Waals surface area contributed by atoms with Gasteiger partial charge in [0.05, 0.1) is 0 Å². The van der Waals surface area contributed by atoms with Crippen molar-refractivity contribution in [3.8, 4) is 5.75 Å². The number of hydrogen-bond acceptors (Lipinski definition) is 2. The third-order valence-corrected chi connectivity index (χ3v) is 4.39. The van der Waals surface area contributed by atoms with Crippen molar-refractivity contribution in [2.24, 2.45) is 0 Å². The lowest BCUT2D eigenvalue weighted by molar-refractivity contribution is 0.363. The van der Waals surface area contributed by atoms with Crippen LogP contribution in [-0.4, -0.2) is 11.1 Å². The summed E-state index contributed by atoms with van der Waals surface area (Å²) in [5.74, 6) is 0.538. The number of hydrogen-bond donors (Lipinski definition) is 2. The molecule has 0 unspecified atom stereocenters. The summed E-state index contributed by atoms with van der Waals surface area (Å²) in [6.07, 6.45) is 1.89. The minimum absolute atomic E-state index is 0.0994. The van der Waals surface area contributed by atoms with Crippen LogP contribution in [0.4, 0.5) is 10.1 Å². The minimum atomic E-state index is -0.0994. The quantitative estimate of drug-likeness (QED) is 0.813. The third-order valence-electron chi connectivity index (χ3n) is 4.39. The molecule has 0 saturated heterocycles. The van der Waals surface area contributed by atoms with E-state index in [4.69, 9.17) is 0 Å². The van der Waals surface area contributed by atoms with E-state index >= 15 is 0 Å². The Labute approximate surface area is 124 Å². The van der Waals surface area contributed by atoms with Gasteiger partial charge >= 0.3 is 0 Å². The number of nitrogens with one attached hydrogen (secondary N) is 1. The highest BCUT2D eigenvalue weighted by molar-refractivity contribution is 5.57. The van der Waals surface area contributed by atoms with Gasteiger partial charge in [-0.1, -0.05) is 18.2 Å². The fourth-order valence-electron chi connectivity index (χ4n) is 2.97. The molecule has 0 amide bonds. The molecule has 0 radical (unpaired) electrons. The molecule has 2 nitrogen and oxygen atoms in total. The molecule has 0 spiro atoms. The number of anilines is 1. The maximum absolute atomic E-state index is 13.7. The van der Waals surface area contributed by atoms with E-state index in [-0.39, 0.29) is 5.82 Å². The molecule has 0 atom stereocenters. The number of rotatable bonds is 3. The zero-order chi connectivity index (χ0) is 15.0. The Balaban J connectivity index is 1.65. The van der Waals surface area contributed by atoms with Crippen molar-refractivity contribution in [2.45, 2.75) is 38.6 Å². The molecule has 2 N–H and O–H groups in total. The van der Waals surface area contributed by atoms with E-state index < -0.39 is 0 Å². The molecule has 21 heavy (non-hydrogen) atoms. The van der Waals surface area contributed by atoms with Crippen molar-refractivity contribution in [1.82, 2.24) is 0 Å². The molecule has 0 bridgehead atoms. The lowest BCUT2D eigenvalue weighted by atomic mass is 9.75. The minimum Gasteiger partial charge on any atom is -0.508 e. The summed E-state index contributed by atoms with van der Waals surface area (Å²) in [6, 6.07) is 11.2. The van der Waals surface area contributed by atoms with Crippen LogP contribution in [0.15, 0.2) is 36.4 Å². The molecule has 1 saturated carbocycles. The van der Waals surface area contributed by atoms with Crippen molar-refractivity contribution in [1.29, 1.82) is 0 Å². The first-order valence-corrected chi connectivity index (χ1v) is 7.35. The molecule has 1 fully saturated rings. The Bertz CT molecular complexity index is 662. The Morgan fingerprint density at radius 2 is 1.81 bits per heavy atom. The molecular weight excluding hydrogens is 265 g/mol. The van der Waals surface area contributed by atoms with Gasteiger partial charge in [0.15, 0.2) is 0 Å². The molecule has 3 heteroatoms. The lowest BCUT2D eigenvalue weighted by Gasteiger charge is -2.37. The number of halogens is 1. The molecule has 0 aromatic heterocycles. The van der Waals surface area contributed by atoms with Gasteiger partial charge in [-0.3, -0.25) is 0 Å². The van der Waals surface area contributed by atoms with Crippen molar-refractivity contribution in [3.05, 3.63) is 58.9 Å². The summed E-state index contributed by atoms with van der Waals surface area (Å²) in [6.45, 7) is 3.87. The van der Waals surface area contributed by atoms with Gasteiger partial charge in [0.2, 0.25) is 0 Å². The number of phenols is 1. The van der Waals surface area contributed by atoms with Crippen LogP contribution < -0.4 is 5.32 Å². The Morgan fingerprint density at radius 3 is 2.52 bits per heavy atom. The largest absolute Gasteiger partial charge is 0.508 e. The lowest BCUT2D eigenvalue weighted by Crippen LogP contribution is -2.34. The smallest absolute Gasteiger partial charge is 0.126 e. The average Bonchev–Trinajstić information content (AvgIpc) is 2.40. The standard InChI is InChI=1S/C18H20FNO/c1-11-8-18(21)12(2)7-17(11)20-14-9-13(10-14)15-5-3-4-6-16(15)19/h3-8,13-14,20-21H,9-10H2,1-2H3. The van der Waals surface area contributed by atoms with Crippen molar-refractivity contribution in [2.75, 3.05) is 5.32 Å². The summed E-state index contributed by atoms with van der Waals surface area (Å²) in [4.78, 5) is 0. The van der Waals surface area contributed by atoms with Gasteiger partial charge in [0.25, 0.3) is 0 Å². The predicted octanol–water partition coefficient (Wildman–Crippen LogP) is 4.51. The van der Waals surface area contributed by atoms with Crippen molar-refractivity contribution >= 4 is 5.69 Å². The van der Waals surface area contributed by atoms with E-state index in [0.717, 1.165) is 35.2 Å². The maximum atomic E-state index is 13.7. The van der Waals surface area contributed by atoms with Crippen LogP contribution in [0.25, 0.3) is 0 Å². The molecule has 2 aromatic rings. The van der Waals surface area contributed by atoms with Crippen molar-refractivity contribution in [3.63, 3.8) is 0 Å². The monoisotopic (exact) mass is 285 g/mol. The van der Waals surface area contributed by atoms with E-state index in [2.05, 4.69) is 5.32 Å². The summed E-state index contributed by atoms with van der Waals surface area (Å²) in [7, 11) is 0. The SMILES string of the molecule is Cc1cc(NC2CC(c3ccccc3F)C2)c(C)cc1O. The van der Waals surface area contributed by atoms with E-state index in [1.165, 1.54) is 6.07 Å². The first-order valence-electron chi connectivity index (χ1n) is 7.35. The molecule has 0 aliphatic heterocycles. The van der Waals surface area contributed by atoms with Crippen LogP contribution in [0, 0.1) is 19.7 Å². The fraction of sp³-hybridized carbons (Fsp3) is 0.333. The second kappa shape index (κ2) is 5.40. The molecular formula is C18H20FNO. The van der Waals surface area contributed by atoms with Gasteiger partial charge in [0, 0.05) is 11.7 Å². The van der Waals surface area contributed by atoms with E-state index in [9.17, 15) is 9.50 Å².